The number of rotatable bonds is 3. The molecule has 0 fully saturated rings. The van der Waals surface area contributed by atoms with E-state index in [1.807, 2.05) is 6.92 Å². The normalized spacial score (nSPS) is 11.0. The molecular weight excluding hydrogens is 316 g/mol. The Balaban J connectivity index is 2.56. The number of hydrogen-bond acceptors (Lipinski definition) is 5. The predicted molar refractivity (Wildman–Crippen MR) is 89.3 cm³/mol. The van der Waals surface area contributed by atoms with Crippen LogP contribution in [0.25, 0.3) is 0 Å². The number of phenolic OH excluding ortho intramolecular Hbond substituents is 1. The molecule has 0 saturated heterocycles. The van der Waals surface area contributed by atoms with Crippen molar-refractivity contribution in [3.8, 4) is 5.75 Å². The van der Waals surface area contributed by atoms with Crippen molar-refractivity contribution in [1.29, 1.82) is 0 Å². The monoisotopic (exact) mass is 332 g/mol. The molecule has 0 aliphatic carbocycles. The fourth-order valence-electron chi connectivity index (χ4n) is 2.24. The Morgan fingerprint density at radius 3 is 2.22 bits per heavy atom. The summed E-state index contributed by atoms with van der Waals surface area (Å²) in [5, 5.41) is 19.2. The summed E-state index contributed by atoms with van der Waals surface area (Å²) in [4.78, 5) is 11.9. The second kappa shape index (κ2) is 6.79. The molecule has 0 heterocycles. The highest BCUT2D eigenvalue weighted by Crippen LogP contribution is 2.38. The standard InChI is InChI=1S/C17H17ClN2O3/c1-9-10(2)16(21)14(17(22)23-4)11(3)15(9)20-19-13-7-5-12(18)6-8-13/h5-8,21H,1-4H3. The van der Waals surface area contributed by atoms with Gasteiger partial charge in [-0.2, -0.15) is 5.11 Å². The van der Waals surface area contributed by atoms with Gasteiger partial charge in [-0.1, -0.05) is 11.6 Å². The highest BCUT2D eigenvalue weighted by Gasteiger charge is 2.22. The first-order valence-corrected chi connectivity index (χ1v) is 7.33. The number of halogens is 1. The minimum absolute atomic E-state index is 0.0858. The predicted octanol–water partition coefficient (Wildman–Crippen LogP) is 5.17. The smallest absolute Gasteiger partial charge is 0.342 e. The minimum Gasteiger partial charge on any atom is -0.507 e. The van der Waals surface area contributed by atoms with Crippen molar-refractivity contribution < 1.29 is 14.6 Å². The molecule has 0 radical (unpaired) electrons. The number of phenols is 1. The highest BCUT2D eigenvalue weighted by molar-refractivity contribution is 6.30. The third-order valence-corrected chi connectivity index (χ3v) is 3.97. The van der Waals surface area contributed by atoms with Crippen LogP contribution >= 0.6 is 11.6 Å². The summed E-state index contributed by atoms with van der Waals surface area (Å²) >= 11 is 5.84. The summed E-state index contributed by atoms with van der Waals surface area (Å²) in [6.45, 7) is 5.24. The quantitative estimate of drug-likeness (QED) is 0.622. The summed E-state index contributed by atoms with van der Waals surface area (Å²) in [7, 11) is 1.27. The van der Waals surface area contributed by atoms with E-state index in [1.54, 1.807) is 38.1 Å². The number of nitrogens with zero attached hydrogens (tertiary/aromatic N) is 2. The first-order chi connectivity index (χ1) is 10.9. The Labute approximate surface area is 139 Å². The van der Waals surface area contributed by atoms with E-state index in [4.69, 9.17) is 16.3 Å². The largest absolute Gasteiger partial charge is 0.507 e. The molecule has 2 aromatic rings. The van der Waals surface area contributed by atoms with E-state index in [2.05, 4.69) is 10.2 Å². The molecule has 6 heteroatoms. The number of esters is 1. The van der Waals surface area contributed by atoms with Gasteiger partial charge in [-0.15, -0.1) is 5.11 Å². The zero-order valence-corrected chi connectivity index (χ0v) is 14.1. The van der Waals surface area contributed by atoms with Crippen molar-refractivity contribution in [2.24, 2.45) is 10.2 Å². The molecule has 1 N–H and O–H groups in total. The third kappa shape index (κ3) is 3.35. The summed E-state index contributed by atoms with van der Waals surface area (Å²) in [6, 6.07) is 6.92. The Bertz CT molecular complexity index is 784. The summed E-state index contributed by atoms with van der Waals surface area (Å²) in [5.41, 5.74) is 3.14. The lowest BCUT2D eigenvalue weighted by molar-refractivity contribution is 0.0596. The van der Waals surface area contributed by atoms with Crippen LogP contribution in [0.2, 0.25) is 5.02 Å². The SMILES string of the molecule is COC(=O)c1c(C)c(N=Nc2ccc(Cl)cc2)c(C)c(C)c1O. The Morgan fingerprint density at radius 2 is 1.65 bits per heavy atom. The van der Waals surface area contributed by atoms with Crippen LogP contribution in [0.3, 0.4) is 0 Å². The maximum absolute atomic E-state index is 11.9. The molecule has 0 unspecified atom stereocenters. The van der Waals surface area contributed by atoms with Crippen LogP contribution in [0.4, 0.5) is 11.4 Å². The number of aromatic hydroxyl groups is 1. The molecule has 0 aliphatic rings. The van der Waals surface area contributed by atoms with Gasteiger partial charge in [-0.05, 0) is 61.7 Å². The van der Waals surface area contributed by atoms with Gasteiger partial charge in [-0.3, -0.25) is 0 Å². The van der Waals surface area contributed by atoms with Gasteiger partial charge in [0.15, 0.2) is 0 Å². The van der Waals surface area contributed by atoms with Crippen molar-refractivity contribution in [3.05, 3.63) is 51.5 Å². The van der Waals surface area contributed by atoms with E-state index in [1.165, 1.54) is 7.11 Å². The average molecular weight is 333 g/mol. The number of azo groups is 1. The lowest BCUT2D eigenvalue weighted by Crippen LogP contribution is -2.06. The van der Waals surface area contributed by atoms with Crippen LogP contribution in [0.15, 0.2) is 34.5 Å². The van der Waals surface area contributed by atoms with E-state index in [0.29, 0.717) is 27.5 Å². The summed E-state index contributed by atoms with van der Waals surface area (Å²) < 4.78 is 4.74. The van der Waals surface area contributed by atoms with Gasteiger partial charge in [0, 0.05) is 5.02 Å². The molecular formula is C17H17ClN2O3. The van der Waals surface area contributed by atoms with E-state index in [-0.39, 0.29) is 11.3 Å². The third-order valence-electron chi connectivity index (χ3n) is 3.72. The number of benzene rings is 2. The molecule has 0 saturated carbocycles. The van der Waals surface area contributed by atoms with Crippen molar-refractivity contribution in [1.82, 2.24) is 0 Å². The minimum atomic E-state index is -0.606. The second-order valence-corrected chi connectivity index (χ2v) is 5.55. The van der Waals surface area contributed by atoms with Crippen LogP contribution in [-0.4, -0.2) is 18.2 Å². The molecule has 2 rings (SSSR count). The van der Waals surface area contributed by atoms with Gasteiger partial charge >= 0.3 is 5.97 Å². The van der Waals surface area contributed by atoms with E-state index in [9.17, 15) is 9.90 Å². The van der Waals surface area contributed by atoms with Gasteiger partial charge in [0.1, 0.15) is 11.3 Å². The molecule has 2 aromatic carbocycles. The fraction of sp³-hybridized carbons (Fsp3) is 0.235. The summed E-state index contributed by atoms with van der Waals surface area (Å²) in [5.74, 6) is -0.691. The van der Waals surface area contributed by atoms with Crippen LogP contribution in [0.1, 0.15) is 27.0 Å². The number of carbonyl (C=O) groups excluding carboxylic acids is 1. The van der Waals surface area contributed by atoms with Crippen LogP contribution < -0.4 is 0 Å². The van der Waals surface area contributed by atoms with E-state index < -0.39 is 5.97 Å². The van der Waals surface area contributed by atoms with Crippen LogP contribution in [-0.2, 0) is 4.74 Å². The van der Waals surface area contributed by atoms with E-state index >= 15 is 0 Å². The summed E-state index contributed by atoms with van der Waals surface area (Å²) in [6.07, 6.45) is 0. The maximum atomic E-state index is 11.9. The first-order valence-electron chi connectivity index (χ1n) is 6.95. The number of carbonyl (C=O) groups is 1. The molecule has 23 heavy (non-hydrogen) atoms. The number of ether oxygens (including phenoxy) is 1. The average Bonchev–Trinajstić information content (AvgIpc) is 2.54. The number of hydrogen-bond donors (Lipinski definition) is 1. The van der Waals surface area contributed by atoms with Crippen molar-refractivity contribution in [3.63, 3.8) is 0 Å². The zero-order chi connectivity index (χ0) is 17.1. The van der Waals surface area contributed by atoms with Crippen molar-refractivity contribution in [2.45, 2.75) is 20.8 Å². The van der Waals surface area contributed by atoms with Crippen molar-refractivity contribution >= 4 is 28.9 Å². The van der Waals surface area contributed by atoms with Gasteiger partial charge in [-0.25, -0.2) is 4.79 Å². The highest BCUT2D eigenvalue weighted by atomic mass is 35.5. The topological polar surface area (TPSA) is 71.2 Å². The van der Waals surface area contributed by atoms with Crippen LogP contribution in [0.5, 0.6) is 5.75 Å². The molecule has 0 spiro atoms. The molecule has 0 bridgehead atoms. The van der Waals surface area contributed by atoms with Gasteiger partial charge in [0.05, 0.1) is 18.5 Å². The Hall–Kier alpha value is -2.40. The van der Waals surface area contributed by atoms with Gasteiger partial charge in [0.2, 0.25) is 0 Å². The van der Waals surface area contributed by atoms with E-state index in [0.717, 1.165) is 5.56 Å². The molecule has 5 nitrogen and oxygen atoms in total. The lowest BCUT2D eigenvalue weighted by atomic mass is 9.96. The number of methoxy groups -OCH3 is 1. The molecule has 0 aliphatic heterocycles. The molecule has 120 valence electrons. The van der Waals surface area contributed by atoms with Gasteiger partial charge in [0.25, 0.3) is 0 Å². The zero-order valence-electron chi connectivity index (χ0n) is 13.3. The Morgan fingerprint density at radius 1 is 1.04 bits per heavy atom. The lowest BCUT2D eigenvalue weighted by Gasteiger charge is -2.14. The molecule has 0 amide bonds. The first kappa shape index (κ1) is 17.0. The van der Waals surface area contributed by atoms with Crippen molar-refractivity contribution in [2.75, 3.05) is 7.11 Å². The fourth-order valence-corrected chi connectivity index (χ4v) is 2.36. The van der Waals surface area contributed by atoms with Gasteiger partial charge < -0.3 is 9.84 Å². The maximum Gasteiger partial charge on any atom is 0.342 e. The molecule has 0 aromatic heterocycles. The Kier molecular flexibility index (Phi) is 5.01. The second-order valence-electron chi connectivity index (χ2n) is 5.12. The van der Waals surface area contributed by atoms with Crippen LogP contribution in [0, 0.1) is 20.8 Å². The molecule has 0 atom stereocenters.